The fourth-order valence-corrected chi connectivity index (χ4v) is 6.31. The molecule has 1 saturated carbocycles. The molecule has 0 radical (unpaired) electrons. The zero-order valence-corrected chi connectivity index (χ0v) is 20.2. The molecule has 2 aliphatic rings. The molecule has 4 heterocycles. The fraction of sp³-hybridized carbons (Fsp3) is 0.450. The van der Waals surface area contributed by atoms with E-state index in [9.17, 15) is 17.2 Å². The molecular formula is C20H21ClF2N6O2S2. The van der Waals surface area contributed by atoms with Gasteiger partial charge in [0, 0.05) is 29.9 Å². The first-order valence-corrected chi connectivity index (χ1v) is 13.0. The lowest BCUT2D eigenvalue weighted by Crippen LogP contribution is -2.34. The Labute approximate surface area is 198 Å². The molecule has 0 bridgehead atoms. The summed E-state index contributed by atoms with van der Waals surface area (Å²) >= 11 is 7.20. The normalized spacial score (nSPS) is 20.4. The van der Waals surface area contributed by atoms with Crippen LogP contribution in [0.4, 0.5) is 8.78 Å². The summed E-state index contributed by atoms with van der Waals surface area (Å²) < 4.78 is 57.0. The van der Waals surface area contributed by atoms with Crippen molar-refractivity contribution in [2.24, 2.45) is 0 Å². The van der Waals surface area contributed by atoms with Gasteiger partial charge in [0.05, 0.1) is 10.4 Å². The minimum Gasteiger partial charge on any atom is -0.310 e. The van der Waals surface area contributed by atoms with Crippen LogP contribution in [0.3, 0.4) is 0 Å². The molecule has 0 spiro atoms. The van der Waals surface area contributed by atoms with E-state index in [2.05, 4.69) is 25.2 Å². The second kappa shape index (κ2) is 8.05. The number of imidazole rings is 1. The molecule has 13 heteroatoms. The largest absolute Gasteiger partial charge is 0.310 e. The average molecular weight is 515 g/mol. The third-order valence-corrected chi connectivity index (χ3v) is 8.66. The first kappa shape index (κ1) is 22.8. The van der Waals surface area contributed by atoms with Gasteiger partial charge in [0.1, 0.15) is 0 Å². The van der Waals surface area contributed by atoms with Gasteiger partial charge in [0.25, 0.3) is 6.43 Å². The van der Waals surface area contributed by atoms with E-state index in [0.717, 1.165) is 18.4 Å². The van der Waals surface area contributed by atoms with Gasteiger partial charge in [-0.05, 0) is 44.7 Å². The molecule has 0 saturated heterocycles. The molecule has 0 unspecified atom stereocenters. The number of halogens is 3. The highest BCUT2D eigenvalue weighted by molar-refractivity contribution is 7.89. The summed E-state index contributed by atoms with van der Waals surface area (Å²) in [6.07, 6.45) is 2.82. The maximum absolute atomic E-state index is 13.2. The van der Waals surface area contributed by atoms with Crippen molar-refractivity contribution in [2.75, 3.05) is 6.54 Å². The van der Waals surface area contributed by atoms with Crippen LogP contribution in [-0.4, -0.2) is 46.1 Å². The smallest absolute Gasteiger partial charge is 0.291 e. The standard InChI is InChI=1S/C20H21ClF2N6O2S2/c1-10-7-11(3-6-24-10)13-8-12(33(30,31)28-20(2)4-5-20)9-29-14(13)15(21)25-17(29)19-27-26-18(32-19)16(22)23/h3,8-10,16,24,28H,4-7H2,1-2H3/t10-/m0/s1. The van der Waals surface area contributed by atoms with E-state index in [0.29, 0.717) is 35.4 Å². The average Bonchev–Trinajstić information content (AvgIpc) is 3.14. The zero-order valence-electron chi connectivity index (χ0n) is 17.8. The fourth-order valence-electron chi connectivity index (χ4n) is 3.86. The Kier molecular flexibility index (Phi) is 5.56. The van der Waals surface area contributed by atoms with Crippen LogP contribution in [-0.2, 0) is 10.0 Å². The van der Waals surface area contributed by atoms with Crippen molar-refractivity contribution in [3.8, 4) is 10.8 Å². The lowest BCUT2D eigenvalue weighted by atomic mass is 9.96. The Bertz CT molecular complexity index is 1380. The molecule has 8 nitrogen and oxygen atoms in total. The van der Waals surface area contributed by atoms with Gasteiger partial charge >= 0.3 is 0 Å². The Hall–Kier alpha value is -1.99. The molecule has 3 aromatic heterocycles. The highest BCUT2D eigenvalue weighted by atomic mass is 35.5. The predicted octanol–water partition coefficient (Wildman–Crippen LogP) is 4.04. The Morgan fingerprint density at radius 3 is 2.76 bits per heavy atom. The molecular weight excluding hydrogens is 494 g/mol. The van der Waals surface area contributed by atoms with Crippen molar-refractivity contribution in [2.45, 2.75) is 56.0 Å². The van der Waals surface area contributed by atoms with Gasteiger partial charge < -0.3 is 5.32 Å². The summed E-state index contributed by atoms with van der Waals surface area (Å²) in [5.41, 5.74) is 1.60. The monoisotopic (exact) mass is 514 g/mol. The number of pyridine rings is 1. The molecule has 1 aliphatic heterocycles. The van der Waals surface area contributed by atoms with Gasteiger partial charge in [-0.2, -0.15) is 0 Å². The minimum atomic E-state index is -3.86. The number of fused-ring (bicyclic) bond motifs is 1. The van der Waals surface area contributed by atoms with Crippen LogP contribution in [0.2, 0.25) is 5.15 Å². The Balaban J connectivity index is 1.73. The number of nitrogens with one attached hydrogen (secondary N) is 2. The summed E-state index contributed by atoms with van der Waals surface area (Å²) in [5, 5.41) is 10.5. The van der Waals surface area contributed by atoms with Crippen molar-refractivity contribution < 1.29 is 17.2 Å². The summed E-state index contributed by atoms with van der Waals surface area (Å²) in [6, 6.07) is 1.79. The highest BCUT2D eigenvalue weighted by Gasteiger charge is 2.41. The minimum absolute atomic E-state index is 0.0409. The third-order valence-electron chi connectivity index (χ3n) is 5.86. The van der Waals surface area contributed by atoms with E-state index >= 15 is 0 Å². The summed E-state index contributed by atoms with van der Waals surface area (Å²) in [4.78, 5) is 4.39. The topological polar surface area (TPSA) is 101 Å². The number of hydrogen-bond donors (Lipinski definition) is 2. The van der Waals surface area contributed by atoms with Crippen LogP contribution in [0, 0.1) is 0 Å². The summed E-state index contributed by atoms with van der Waals surface area (Å²) in [7, 11) is -3.86. The molecule has 5 rings (SSSR count). The number of alkyl halides is 2. The van der Waals surface area contributed by atoms with Crippen LogP contribution in [0.5, 0.6) is 0 Å². The van der Waals surface area contributed by atoms with Gasteiger partial charge in [-0.25, -0.2) is 26.9 Å². The van der Waals surface area contributed by atoms with Crippen LogP contribution >= 0.6 is 22.9 Å². The van der Waals surface area contributed by atoms with E-state index in [4.69, 9.17) is 11.6 Å². The van der Waals surface area contributed by atoms with Crippen LogP contribution in [0.1, 0.15) is 50.1 Å². The Morgan fingerprint density at radius 1 is 1.36 bits per heavy atom. The molecule has 0 amide bonds. The van der Waals surface area contributed by atoms with E-state index in [1.807, 2.05) is 19.9 Å². The number of rotatable bonds is 6. The molecule has 1 atom stereocenters. The number of sulfonamides is 1. The van der Waals surface area contributed by atoms with Crippen LogP contribution in [0.15, 0.2) is 23.2 Å². The molecule has 3 aromatic rings. The van der Waals surface area contributed by atoms with E-state index < -0.39 is 27.0 Å². The van der Waals surface area contributed by atoms with E-state index in [1.54, 1.807) is 6.07 Å². The second-order valence-corrected chi connectivity index (χ2v) is 11.7. The predicted molar refractivity (Wildman–Crippen MR) is 122 cm³/mol. The molecule has 33 heavy (non-hydrogen) atoms. The van der Waals surface area contributed by atoms with Crippen molar-refractivity contribution in [1.82, 2.24) is 29.6 Å². The van der Waals surface area contributed by atoms with E-state index in [1.165, 1.54) is 10.6 Å². The SMILES string of the molecule is C[C@H]1CC(c2cc(S(=O)(=O)NC3(C)CC3)cn3c(-c4nnc(C(F)F)s4)nc(Cl)c23)=CCN1. The third kappa shape index (κ3) is 4.30. The van der Waals surface area contributed by atoms with Crippen LogP contribution in [0.25, 0.3) is 21.9 Å². The molecule has 2 N–H and O–H groups in total. The highest BCUT2D eigenvalue weighted by Crippen LogP contribution is 2.39. The molecule has 1 fully saturated rings. The van der Waals surface area contributed by atoms with Gasteiger partial charge in [-0.3, -0.25) is 4.40 Å². The van der Waals surface area contributed by atoms with E-state index in [-0.39, 0.29) is 26.9 Å². The van der Waals surface area contributed by atoms with Crippen molar-refractivity contribution in [3.05, 3.63) is 34.1 Å². The maximum Gasteiger partial charge on any atom is 0.291 e. The van der Waals surface area contributed by atoms with Crippen molar-refractivity contribution >= 4 is 44.1 Å². The maximum atomic E-state index is 13.2. The first-order valence-electron chi connectivity index (χ1n) is 10.4. The molecule has 176 valence electrons. The molecule has 1 aliphatic carbocycles. The van der Waals surface area contributed by atoms with Gasteiger partial charge in [-0.15, -0.1) is 10.2 Å². The Morgan fingerprint density at radius 2 is 2.12 bits per heavy atom. The van der Waals surface area contributed by atoms with Gasteiger partial charge in [0.2, 0.25) is 10.0 Å². The summed E-state index contributed by atoms with van der Waals surface area (Å²) in [6.45, 7) is 4.52. The van der Waals surface area contributed by atoms with Crippen molar-refractivity contribution in [3.63, 3.8) is 0 Å². The summed E-state index contributed by atoms with van der Waals surface area (Å²) in [5.74, 6) is 0.165. The van der Waals surface area contributed by atoms with Crippen LogP contribution < -0.4 is 10.0 Å². The van der Waals surface area contributed by atoms with Gasteiger partial charge in [-0.1, -0.05) is 29.0 Å². The number of nitrogens with zero attached hydrogens (tertiary/aromatic N) is 4. The lowest BCUT2D eigenvalue weighted by Gasteiger charge is -2.22. The quantitative estimate of drug-likeness (QED) is 0.515. The second-order valence-electron chi connectivity index (χ2n) is 8.69. The first-order chi connectivity index (χ1) is 15.6. The lowest BCUT2D eigenvalue weighted by molar-refractivity contribution is 0.150. The zero-order chi connectivity index (χ0) is 23.5. The number of aromatic nitrogens is 4. The van der Waals surface area contributed by atoms with Gasteiger partial charge in [0.15, 0.2) is 21.0 Å². The molecule has 0 aromatic carbocycles. The van der Waals surface area contributed by atoms with Crippen molar-refractivity contribution in [1.29, 1.82) is 0 Å². The number of hydrogen-bond acceptors (Lipinski definition) is 7.